The Hall–Kier alpha value is -0.420. The summed E-state index contributed by atoms with van der Waals surface area (Å²) in [5.41, 5.74) is 0. The van der Waals surface area contributed by atoms with Crippen LogP contribution in [0, 0.1) is 0 Å². The van der Waals surface area contributed by atoms with Gasteiger partial charge in [0.2, 0.25) is 0 Å². The van der Waals surface area contributed by atoms with Gasteiger partial charge in [0.1, 0.15) is 6.67 Å². The van der Waals surface area contributed by atoms with Gasteiger partial charge in [-0.2, -0.15) is 8.78 Å². The van der Waals surface area contributed by atoms with Crippen molar-refractivity contribution in [3.63, 3.8) is 0 Å². The quantitative estimate of drug-likeness (QED) is 0.563. The molecule has 0 aromatic carbocycles. The number of hydrogen-bond donors (Lipinski definition) is 0. The second-order valence-electron chi connectivity index (χ2n) is 1.60. The molecule has 0 spiro atoms. The van der Waals surface area contributed by atoms with Crippen molar-refractivity contribution in [1.29, 1.82) is 0 Å². The maximum atomic E-state index is 11.6. The molecule has 0 heterocycles. The van der Waals surface area contributed by atoms with Crippen LogP contribution < -0.4 is 0 Å². The zero-order valence-electron chi connectivity index (χ0n) is 4.63. The summed E-state index contributed by atoms with van der Waals surface area (Å²) in [7, 11) is 0. The minimum atomic E-state index is -4.87. The maximum absolute atomic E-state index is 11.6. The van der Waals surface area contributed by atoms with Gasteiger partial charge in [-0.05, 0) is 0 Å². The lowest BCUT2D eigenvalue weighted by Gasteiger charge is -2.16. The smallest absolute Gasteiger partial charge is 0.248 e. The van der Waals surface area contributed by atoms with Crippen LogP contribution in [0.2, 0.25) is 0 Å². The SMILES string of the molecule is FCC(F)C(F)(F)C(F)F. The van der Waals surface area contributed by atoms with Crippen LogP contribution in [-0.2, 0) is 0 Å². The average Bonchev–Trinajstić information content (AvgIpc) is 1.86. The van der Waals surface area contributed by atoms with E-state index in [-0.39, 0.29) is 0 Å². The van der Waals surface area contributed by atoms with E-state index in [1.54, 1.807) is 0 Å². The molecule has 0 aromatic heterocycles. The highest BCUT2D eigenvalue weighted by molar-refractivity contribution is 4.78. The molecule has 10 heavy (non-hydrogen) atoms. The molecule has 0 rings (SSSR count). The Morgan fingerprint density at radius 3 is 1.60 bits per heavy atom. The van der Waals surface area contributed by atoms with E-state index in [1.807, 2.05) is 0 Å². The van der Waals surface area contributed by atoms with Crippen molar-refractivity contribution < 1.29 is 26.3 Å². The summed E-state index contributed by atoms with van der Waals surface area (Å²) in [5.74, 6) is -4.87. The molecule has 1 atom stereocenters. The van der Waals surface area contributed by atoms with Gasteiger partial charge in [0.05, 0.1) is 0 Å². The van der Waals surface area contributed by atoms with Gasteiger partial charge in [0.25, 0.3) is 0 Å². The molecule has 0 nitrogen and oxygen atoms in total. The van der Waals surface area contributed by atoms with Crippen molar-refractivity contribution >= 4 is 0 Å². The topological polar surface area (TPSA) is 0 Å². The molecule has 62 valence electrons. The Morgan fingerprint density at radius 1 is 1.10 bits per heavy atom. The highest BCUT2D eigenvalue weighted by atomic mass is 19.3. The predicted molar refractivity (Wildman–Crippen MR) is 21.8 cm³/mol. The van der Waals surface area contributed by atoms with Crippen LogP contribution in [0.5, 0.6) is 0 Å². The van der Waals surface area contributed by atoms with E-state index in [4.69, 9.17) is 0 Å². The highest BCUT2D eigenvalue weighted by Crippen LogP contribution is 2.28. The van der Waals surface area contributed by atoms with Crippen LogP contribution in [0.1, 0.15) is 0 Å². The van der Waals surface area contributed by atoms with Gasteiger partial charge >= 0.3 is 12.3 Å². The van der Waals surface area contributed by atoms with Crippen LogP contribution in [-0.4, -0.2) is 25.2 Å². The largest absolute Gasteiger partial charge is 0.340 e. The second kappa shape index (κ2) is 3.12. The van der Waals surface area contributed by atoms with E-state index in [0.717, 1.165) is 0 Å². The monoisotopic (exact) mass is 166 g/mol. The molecule has 0 saturated carbocycles. The molecule has 0 amide bonds. The Labute approximate surface area is 52.8 Å². The number of alkyl halides is 6. The van der Waals surface area contributed by atoms with E-state index in [9.17, 15) is 26.3 Å². The van der Waals surface area contributed by atoms with Crippen molar-refractivity contribution in [2.75, 3.05) is 6.67 Å². The first kappa shape index (κ1) is 9.58. The van der Waals surface area contributed by atoms with Crippen molar-refractivity contribution in [2.45, 2.75) is 18.5 Å². The number of hydrogen-bond acceptors (Lipinski definition) is 0. The fourth-order valence-electron chi connectivity index (χ4n) is 0.240. The Morgan fingerprint density at radius 2 is 1.50 bits per heavy atom. The van der Waals surface area contributed by atoms with E-state index < -0.39 is 25.2 Å². The standard InChI is InChI=1S/C4H4F6/c5-1-2(6)4(9,10)3(7)8/h2-3H,1H2. The third kappa shape index (κ3) is 1.78. The van der Waals surface area contributed by atoms with Crippen LogP contribution in [0.15, 0.2) is 0 Å². The molecule has 0 aromatic rings. The fourth-order valence-corrected chi connectivity index (χ4v) is 0.240. The third-order valence-corrected chi connectivity index (χ3v) is 0.844. The van der Waals surface area contributed by atoms with Gasteiger partial charge in [0, 0.05) is 0 Å². The first-order valence-electron chi connectivity index (χ1n) is 2.29. The molecule has 0 bridgehead atoms. The molecule has 0 aliphatic heterocycles. The van der Waals surface area contributed by atoms with Crippen LogP contribution in [0.25, 0.3) is 0 Å². The highest BCUT2D eigenvalue weighted by Gasteiger charge is 2.49. The lowest BCUT2D eigenvalue weighted by atomic mass is 10.2. The number of halogens is 6. The molecule has 0 radical (unpaired) electrons. The van der Waals surface area contributed by atoms with Crippen LogP contribution >= 0.6 is 0 Å². The van der Waals surface area contributed by atoms with Crippen LogP contribution in [0.4, 0.5) is 26.3 Å². The average molecular weight is 166 g/mol. The fraction of sp³-hybridized carbons (Fsp3) is 1.00. The van der Waals surface area contributed by atoms with E-state index in [0.29, 0.717) is 0 Å². The van der Waals surface area contributed by atoms with E-state index in [2.05, 4.69) is 0 Å². The van der Waals surface area contributed by atoms with E-state index >= 15 is 0 Å². The van der Waals surface area contributed by atoms with E-state index in [1.165, 1.54) is 0 Å². The minimum Gasteiger partial charge on any atom is -0.248 e. The summed E-state index contributed by atoms with van der Waals surface area (Å²) < 4.78 is 67.9. The van der Waals surface area contributed by atoms with Gasteiger partial charge in [-0.25, -0.2) is 17.6 Å². The molecular formula is C4H4F6. The first-order valence-corrected chi connectivity index (χ1v) is 2.29. The van der Waals surface area contributed by atoms with Crippen molar-refractivity contribution in [3.05, 3.63) is 0 Å². The molecule has 0 N–H and O–H groups in total. The summed E-state index contributed by atoms with van der Waals surface area (Å²) in [6.45, 7) is -2.10. The normalized spacial score (nSPS) is 15.9. The van der Waals surface area contributed by atoms with Crippen molar-refractivity contribution in [2.24, 2.45) is 0 Å². The third-order valence-electron chi connectivity index (χ3n) is 0.844. The summed E-state index contributed by atoms with van der Waals surface area (Å²) in [6, 6.07) is 0. The maximum Gasteiger partial charge on any atom is 0.340 e. The number of rotatable bonds is 3. The molecular weight excluding hydrogens is 162 g/mol. The zero-order valence-corrected chi connectivity index (χ0v) is 4.63. The molecule has 0 aliphatic rings. The van der Waals surface area contributed by atoms with Crippen molar-refractivity contribution in [1.82, 2.24) is 0 Å². The van der Waals surface area contributed by atoms with Gasteiger partial charge in [-0.1, -0.05) is 0 Å². The summed E-state index contributed by atoms with van der Waals surface area (Å²) in [4.78, 5) is 0. The molecule has 0 aliphatic carbocycles. The van der Waals surface area contributed by atoms with Crippen LogP contribution in [0.3, 0.4) is 0 Å². The Bertz CT molecular complexity index is 99.9. The van der Waals surface area contributed by atoms with Gasteiger partial charge < -0.3 is 0 Å². The minimum absolute atomic E-state index is 2.10. The lowest BCUT2D eigenvalue weighted by molar-refractivity contribution is -0.173. The lowest BCUT2D eigenvalue weighted by Crippen LogP contribution is -2.38. The summed E-state index contributed by atoms with van der Waals surface area (Å²) in [5, 5.41) is 0. The molecule has 0 saturated heterocycles. The summed E-state index contributed by atoms with van der Waals surface area (Å²) in [6.07, 6.45) is -7.56. The zero-order chi connectivity index (χ0) is 8.36. The Balaban J connectivity index is 4.09. The summed E-state index contributed by atoms with van der Waals surface area (Å²) >= 11 is 0. The van der Waals surface area contributed by atoms with Gasteiger partial charge in [-0.15, -0.1) is 0 Å². The first-order chi connectivity index (χ1) is 4.42. The van der Waals surface area contributed by atoms with Crippen molar-refractivity contribution in [3.8, 4) is 0 Å². The second-order valence-corrected chi connectivity index (χ2v) is 1.60. The van der Waals surface area contributed by atoms with Gasteiger partial charge in [-0.3, -0.25) is 0 Å². The predicted octanol–water partition coefficient (Wildman–Crippen LogP) is 2.19. The molecule has 6 heteroatoms. The molecule has 1 unspecified atom stereocenters. The Kier molecular flexibility index (Phi) is 2.98. The molecule has 0 fully saturated rings. The van der Waals surface area contributed by atoms with Gasteiger partial charge in [0.15, 0.2) is 6.17 Å².